The lowest BCUT2D eigenvalue weighted by Gasteiger charge is -2.10. The molecule has 98 valence electrons. The van der Waals surface area contributed by atoms with E-state index in [-0.39, 0.29) is 5.84 Å². The minimum atomic E-state index is -0.0609. The number of hydrogen-bond donors (Lipinski definition) is 2. The van der Waals surface area contributed by atoms with Crippen molar-refractivity contribution in [3.8, 4) is 11.6 Å². The van der Waals surface area contributed by atoms with Crippen LogP contribution in [0.5, 0.6) is 11.6 Å². The van der Waals surface area contributed by atoms with Gasteiger partial charge in [-0.25, -0.2) is 4.98 Å². The predicted molar refractivity (Wildman–Crippen MR) is 79.3 cm³/mol. The molecule has 0 unspecified atom stereocenters. The van der Waals surface area contributed by atoms with Crippen LogP contribution in [-0.4, -0.2) is 10.8 Å². The highest BCUT2D eigenvalue weighted by Crippen LogP contribution is 2.26. The average molecular weight is 263 g/mol. The van der Waals surface area contributed by atoms with Crippen LogP contribution in [0.4, 0.5) is 0 Å². The molecule has 1 aromatic heterocycles. The number of nitrogens with zero attached hydrogens (tertiary/aromatic N) is 1. The van der Waals surface area contributed by atoms with Crippen LogP contribution in [0.1, 0.15) is 5.56 Å². The van der Waals surface area contributed by atoms with Crippen LogP contribution in [0.15, 0.2) is 60.7 Å². The van der Waals surface area contributed by atoms with E-state index in [1.165, 1.54) is 0 Å². The lowest BCUT2D eigenvalue weighted by molar-refractivity contribution is 0.464. The molecule has 3 N–H and O–H groups in total. The van der Waals surface area contributed by atoms with Gasteiger partial charge in [0.25, 0.3) is 0 Å². The summed E-state index contributed by atoms with van der Waals surface area (Å²) in [6.45, 7) is 0. The van der Waals surface area contributed by atoms with Crippen LogP contribution in [-0.2, 0) is 0 Å². The van der Waals surface area contributed by atoms with Crippen molar-refractivity contribution >= 4 is 16.7 Å². The van der Waals surface area contributed by atoms with Gasteiger partial charge in [-0.3, -0.25) is 5.41 Å². The monoisotopic (exact) mass is 263 g/mol. The highest BCUT2D eigenvalue weighted by atomic mass is 16.5. The van der Waals surface area contributed by atoms with Gasteiger partial charge in [-0.2, -0.15) is 0 Å². The molecule has 0 radical (unpaired) electrons. The van der Waals surface area contributed by atoms with Gasteiger partial charge in [0.1, 0.15) is 11.6 Å². The van der Waals surface area contributed by atoms with Crippen molar-refractivity contribution in [2.75, 3.05) is 0 Å². The first-order chi connectivity index (χ1) is 9.74. The van der Waals surface area contributed by atoms with Gasteiger partial charge >= 0.3 is 0 Å². The summed E-state index contributed by atoms with van der Waals surface area (Å²) in [4.78, 5) is 4.45. The van der Waals surface area contributed by atoms with E-state index in [1.54, 1.807) is 0 Å². The van der Waals surface area contributed by atoms with Crippen LogP contribution >= 0.6 is 0 Å². The van der Waals surface area contributed by atoms with Crippen molar-refractivity contribution in [3.05, 3.63) is 66.2 Å². The Hall–Kier alpha value is -2.88. The molecular weight excluding hydrogens is 250 g/mol. The van der Waals surface area contributed by atoms with Crippen LogP contribution in [0.25, 0.3) is 10.9 Å². The number of ether oxygens (including phenoxy) is 1. The van der Waals surface area contributed by atoms with Crippen LogP contribution < -0.4 is 10.5 Å². The summed E-state index contributed by atoms with van der Waals surface area (Å²) in [5.74, 6) is 0.953. The van der Waals surface area contributed by atoms with E-state index in [0.717, 1.165) is 10.9 Å². The first-order valence-electron chi connectivity index (χ1n) is 6.21. The molecule has 0 amide bonds. The Balaban J connectivity index is 2.12. The summed E-state index contributed by atoms with van der Waals surface area (Å²) in [6, 6.07) is 18.8. The molecule has 0 aliphatic rings. The van der Waals surface area contributed by atoms with Gasteiger partial charge in [-0.1, -0.05) is 36.4 Å². The quantitative estimate of drug-likeness (QED) is 0.562. The molecule has 0 aliphatic carbocycles. The summed E-state index contributed by atoms with van der Waals surface area (Å²) in [6.07, 6.45) is 0. The summed E-state index contributed by atoms with van der Waals surface area (Å²) in [7, 11) is 0. The van der Waals surface area contributed by atoms with Crippen molar-refractivity contribution in [2.45, 2.75) is 0 Å². The average Bonchev–Trinajstić information content (AvgIpc) is 2.47. The van der Waals surface area contributed by atoms with Crippen LogP contribution in [0, 0.1) is 5.41 Å². The zero-order chi connectivity index (χ0) is 13.9. The molecule has 0 spiro atoms. The number of fused-ring (bicyclic) bond motifs is 1. The SMILES string of the molecule is N=C(N)c1cc2ccccc2nc1Oc1ccccc1. The van der Waals surface area contributed by atoms with Gasteiger partial charge in [-0.05, 0) is 24.3 Å². The Labute approximate surface area is 116 Å². The fraction of sp³-hybridized carbons (Fsp3) is 0. The number of pyridine rings is 1. The maximum Gasteiger partial charge on any atom is 0.230 e. The van der Waals surface area contributed by atoms with E-state index < -0.39 is 0 Å². The Kier molecular flexibility index (Phi) is 3.05. The van der Waals surface area contributed by atoms with E-state index in [0.29, 0.717) is 17.2 Å². The fourth-order valence-corrected chi connectivity index (χ4v) is 1.97. The number of aromatic nitrogens is 1. The first kappa shape index (κ1) is 12.2. The Morgan fingerprint density at radius 3 is 2.45 bits per heavy atom. The molecule has 3 aromatic rings. The molecular formula is C16H13N3O. The second kappa shape index (κ2) is 5.01. The minimum absolute atomic E-state index is 0.0609. The third-order valence-electron chi connectivity index (χ3n) is 2.94. The Morgan fingerprint density at radius 2 is 1.70 bits per heavy atom. The molecule has 0 saturated heterocycles. The lowest BCUT2D eigenvalue weighted by atomic mass is 10.1. The van der Waals surface area contributed by atoms with Gasteiger partial charge in [0.2, 0.25) is 5.88 Å². The standard InChI is InChI=1S/C16H13N3O/c17-15(18)13-10-11-6-4-5-9-14(11)19-16(13)20-12-7-2-1-3-8-12/h1-10H,(H3,17,18). The molecule has 3 rings (SSSR count). The zero-order valence-corrected chi connectivity index (χ0v) is 10.7. The predicted octanol–water partition coefficient (Wildman–Crippen LogP) is 3.31. The van der Waals surface area contributed by atoms with Gasteiger partial charge in [-0.15, -0.1) is 0 Å². The first-order valence-corrected chi connectivity index (χ1v) is 6.21. The van der Waals surface area contributed by atoms with Crippen molar-refractivity contribution in [1.82, 2.24) is 4.98 Å². The molecule has 0 aliphatic heterocycles. The van der Waals surface area contributed by atoms with E-state index in [1.807, 2.05) is 60.7 Å². The van der Waals surface area contributed by atoms with Gasteiger partial charge < -0.3 is 10.5 Å². The molecule has 0 atom stereocenters. The summed E-state index contributed by atoms with van der Waals surface area (Å²) in [5.41, 5.74) is 6.92. The van der Waals surface area contributed by atoms with E-state index >= 15 is 0 Å². The topological polar surface area (TPSA) is 72.0 Å². The molecule has 0 bridgehead atoms. The molecule has 1 heterocycles. The number of hydrogen-bond acceptors (Lipinski definition) is 3. The van der Waals surface area contributed by atoms with Crippen molar-refractivity contribution in [3.63, 3.8) is 0 Å². The third-order valence-corrected chi connectivity index (χ3v) is 2.94. The lowest BCUT2D eigenvalue weighted by Crippen LogP contribution is -2.13. The number of benzene rings is 2. The highest BCUT2D eigenvalue weighted by molar-refractivity contribution is 6.00. The zero-order valence-electron chi connectivity index (χ0n) is 10.7. The second-order valence-corrected chi connectivity index (χ2v) is 4.36. The smallest absolute Gasteiger partial charge is 0.230 e. The number of rotatable bonds is 3. The van der Waals surface area contributed by atoms with Gasteiger partial charge in [0.05, 0.1) is 11.1 Å². The molecule has 4 nitrogen and oxygen atoms in total. The fourth-order valence-electron chi connectivity index (χ4n) is 1.97. The van der Waals surface area contributed by atoms with Crippen molar-refractivity contribution < 1.29 is 4.74 Å². The van der Waals surface area contributed by atoms with Gasteiger partial charge in [0, 0.05) is 5.39 Å². The van der Waals surface area contributed by atoms with E-state index in [2.05, 4.69) is 4.98 Å². The largest absolute Gasteiger partial charge is 0.438 e. The Bertz CT molecular complexity index is 769. The van der Waals surface area contributed by atoms with Crippen LogP contribution in [0.2, 0.25) is 0 Å². The number of nitrogens with one attached hydrogen (secondary N) is 1. The number of amidine groups is 1. The van der Waals surface area contributed by atoms with Crippen LogP contribution in [0.3, 0.4) is 0 Å². The molecule has 4 heteroatoms. The number of nitrogens with two attached hydrogens (primary N) is 1. The van der Waals surface area contributed by atoms with Crippen molar-refractivity contribution in [1.29, 1.82) is 5.41 Å². The third kappa shape index (κ3) is 2.31. The summed E-state index contributed by atoms with van der Waals surface area (Å²) < 4.78 is 5.75. The van der Waals surface area contributed by atoms with Gasteiger partial charge in [0.15, 0.2) is 0 Å². The number of para-hydroxylation sites is 2. The second-order valence-electron chi connectivity index (χ2n) is 4.36. The Morgan fingerprint density at radius 1 is 1.00 bits per heavy atom. The normalized spacial score (nSPS) is 10.4. The molecule has 0 fully saturated rings. The summed E-state index contributed by atoms with van der Waals surface area (Å²) in [5, 5.41) is 8.60. The van der Waals surface area contributed by atoms with E-state index in [4.69, 9.17) is 15.9 Å². The minimum Gasteiger partial charge on any atom is -0.438 e. The maximum absolute atomic E-state index is 7.68. The van der Waals surface area contributed by atoms with Crippen molar-refractivity contribution in [2.24, 2.45) is 5.73 Å². The molecule has 0 saturated carbocycles. The maximum atomic E-state index is 7.68. The summed E-state index contributed by atoms with van der Waals surface area (Å²) >= 11 is 0. The molecule has 2 aromatic carbocycles. The van der Waals surface area contributed by atoms with E-state index in [9.17, 15) is 0 Å². The highest BCUT2D eigenvalue weighted by Gasteiger charge is 2.11. The molecule has 20 heavy (non-hydrogen) atoms. The number of nitrogen functional groups attached to an aromatic ring is 1.